The number of aryl methyl sites for hydroxylation is 1. The molecule has 0 N–H and O–H groups in total. The maximum absolute atomic E-state index is 11.4. The van der Waals surface area contributed by atoms with Crippen molar-refractivity contribution in [2.45, 2.75) is 6.92 Å². The minimum absolute atomic E-state index is 0.204. The molecule has 0 aliphatic rings. The molecule has 0 heterocycles. The van der Waals surface area contributed by atoms with E-state index < -0.39 is 5.97 Å². The number of methoxy groups -OCH3 is 2. The third-order valence-electron chi connectivity index (χ3n) is 1.98. The number of esters is 1. The van der Waals surface area contributed by atoms with Gasteiger partial charge in [-0.1, -0.05) is 0 Å². The third-order valence-corrected chi connectivity index (χ3v) is 1.98. The number of nitriles is 1. The Bertz CT molecular complexity index is 432. The summed E-state index contributed by atoms with van der Waals surface area (Å²) in [5.41, 5.74) is 1.28. The van der Waals surface area contributed by atoms with Gasteiger partial charge >= 0.3 is 5.97 Å². The molecule has 1 aromatic carbocycles. The lowest BCUT2D eigenvalue weighted by atomic mass is 10.0. The van der Waals surface area contributed by atoms with Crippen LogP contribution in [0.4, 0.5) is 0 Å². The van der Waals surface area contributed by atoms with Crippen molar-refractivity contribution >= 4 is 5.97 Å². The molecule has 4 nitrogen and oxygen atoms in total. The number of carbonyl (C=O) groups excluding carboxylic acids is 1. The molecular formula is C11H11NO3. The zero-order valence-corrected chi connectivity index (χ0v) is 8.83. The van der Waals surface area contributed by atoms with Crippen LogP contribution in [0, 0.1) is 18.3 Å². The van der Waals surface area contributed by atoms with Gasteiger partial charge in [0.15, 0.2) is 0 Å². The maximum atomic E-state index is 11.4. The second-order valence-electron chi connectivity index (χ2n) is 2.99. The number of rotatable bonds is 2. The molecule has 0 atom stereocenters. The van der Waals surface area contributed by atoms with Crippen LogP contribution in [0.25, 0.3) is 0 Å². The summed E-state index contributed by atoms with van der Waals surface area (Å²) >= 11 is 0. The molecule has 0 saturated heterocycles. The predicted molar refractivity (Wildman–Crippen MR) is 53.8 cm³/mol. The van der Waals surface area contributed by atoms with Gasteiger partial charge in [0.25, 0.3) is 0 Å². The molecule has 0 amide bonds. The van der Waals surface area contributed by atoms with Crippen LogP contribution in [0.2, 0.25) is 0 Å². The molecule has 0 saturated carbocycles. The fourth-order valence-corrected chi connectivity index (χ4v) is 1.30. The van der Waals surface area contributed by atoms with Crippen LogP contribution >= 0.6 is 0 Å². The third kappa shape index (κ3) is 2.08. The Labute approximate surface area is 88.0 Å². The van der Waals surface area contributed by atoms with Crippen molar-refractivity contribution in [1.29, 1.82) is 5.26 Å². The molecule has 0 unspecified atom stereocenters. The highest BCUT2D eigenvalue weighted by molar-refractivity contribution is 5.93. The lowest BCUT2D eigenvalue weighted by Gasteiger charge is -2.08. The van der Waals surface area contributed by atoms with Gasteiger partial charge in [-0.25, -0.2) is 4.79 Å². The van der Waals surface area contributed by atoms with E-state index in [0.29, 0.717) is 5.75 Å². The summed E-state index contributed by atoms with van der Waals surface area (Å²) in [7, 11) is 2.73. The number of hydrogen-bond donors (Lipinski definition) is 0. The van der Waals surface area contributed by atoms with E-state index in [-0.39, 0.29) is 11.1 Å². The Morgan fingerprint density at radius 1 is 1.40 bits per heavy atom. The van der Waals surface area contributed by atoms with Crippen molar-refractivity contribution in [3.63, 3.8) is 0 Å². The van der Waals surface area contributed by atoms with Gasteiger partial charge < -0.3 is 9.47 Å². The lowest BCUT2D eigenvalue weighted by Crippen LogP contribution is -2.06. The van der Waals surface area contributed by atoms with Crippen molar-refractivity contribution in [2.75, 3.05) is 14.2 Å². The molecule has 0 aliphatic heterocycles. The number of benzene rings is 1. The standard InChI is InChI=1S/C11H11NO3/c1-7-4-8(11(13)15-3)9(6-12)10(5-7)14-2/h4-5H,1-3H3. The molecule has 0 radical (unpaired) electrons. The molecule has 0 aliphatic carbocycles. The van der Waals surface area contributed by atoms with Crippen LogP contribution in [0.15, 0.2) is 12.1 Å². The van der Waals surface area contributed by atoms with Gasteiger partial charge in [0, 0.05) is 0 Å². The van der Waals surface area contributed by atoms with E-state index in [2.05, 4.69) is 4.74 Å². The Balaban J connectivity index is 3.43. The Morgan fingerprint density at radius 3 is 2.53 bits per heavy atom. The smallest absolute Gasteiger partial charge is 0.339 e. The second kappa shape index (κ2) is 4.47. The summed E-state index contributed by atoms with van der Waals surface area (Å²) in [6, 6.07) is 5.24. The van der Waals surface area contributed by atoms with Crippen molar-refractivity contribution in [2.24, 2.45) is 0 Å². The Hall–Kier alpha value is -2.02. The highest BCUT2D eigenvalue weighted by Crippen LogP contribution is 2.24. The number of ether oxygens (including phenoxy) is 2. The van der Waals surface area contributed by atoms with Gasteiger partial charge in [0.05, 0.1) is 19.8 Å². The molecule has 0 spiro atoms. The van der Waals surface area contributed by atoms with Gasteiger partial charge in [0.2, 0.25) is 0 Å². The SMILES string of the molecule is COC(=O)c1cc(C)cc(OC)c1C#N. The van der Waals surface area contributed by atoms with Gasteiger partial charge in [-0.15, -0.1) is 0 Å². The topological polar surface area (TPSA) is 59.3 Å². The van der Waals surface area contributed by atoms with Gasteiger partial charge in [0.1, 0.15) is 17.4 Å². The predicted octanol–water partition coefficient (Wildman–Crippen LogP) is 1.66. The summed E-state index contributed by atoms with van der Waals surface area (Å²) < 4.78 is 9.61. The average molecular weight is 205 g/mol. The van der Waals surface area contributed by atoms with Gasteiger partial charge in [-0.05, 0) is 24.6 Å². The zero-order valence-electron chi connectivity index (χ0n) is 8.83. The molecule has 0 fully saturated rings. The summed E-state index contributed by atoms with van der Waals surface area (Å²) in [6.45, 7) is 1.82. The van der Waals surface area contributed by atoms with E-state index in [0.717, 1.165) is 5.56 Å². The van der Waals surface area contributed by atoms with Crippen LogP contribution in [0.3, 0.4) is 0 Å². The molecule has 1 aromatic rings. The molecule has 1 rings (SSSR count). The van der Waals surface area contributed by atoms with E-state index >= 15 is 0 Å². The molecule has 0 bridgehead atoms. The minimum atomic E-state index is -0.534. The number of nitrogens with zero attached hydrogens (tertiary/aromatic N) is 1. The van der Waals surface area contributed by atoms with Crippen LogP contribution < -0.4 is 4.74 Å². The summed E-state index contributed by atoms with van der Waals surface area (Å²) in [6.07, 6.45) is 0. The summed E-state index contributed by atoms with van der Waals surface area (Å²) in [4.78, 5) is 11.4. The molecule has 4 heteroatoms. The van der Waals surface area contributed by atoms with Crippen molar-refractivity contribution in [1.82, 2.24) is 0 Å². The fourth-order valence-electron chi connectivity index (χ4n) is 1.30. The monoisotopic (exact) mass is 205 g/mol. The lowest BCUT2D eigenvalue weighted by molar-refractivity contribution is 0.0600. The molecule has 0 aromatic heterocycles. The van der Waals surface area contributed by atoms with Crippen LogP contribution in [-0.2, 0) is 4.74 Å². The van der Waals surface area contributed by atoms with Crippen molar-refractivity contribution in [3.05, 3.63) is 28.8 Å². The van der Waals surface area contributed by atoms with Crippen molar-refractivity contribution in [3.8, 4) is 11.8 Å². The number of hydrogen-bond acceptors (Lipinski definition) is 4. The molecular weight excluding hydrogens is 194 g/mol. The number of carbonyl (C=O) groups is 1. The second-order valence-corrected chi connectivity index (χ2v) is 2.99. The van der Waals surface area contributed by atoms with Crippen LogP contribution in [0.5, 0.6) is 5.75 Å². The van der Waals surface area contributed by atoms with E-state index in [9.17, 15) is 4.79 Å². The van der Waals surface area contributed by atoms with Crippen LogP contribution in [0.1, 0.15) is 21.5 Å². The summed E-state index contributed by atoms with van der Waals surface area (Å²) in [5, 5.41) is 8.93. The van der Waals surface area contributed by atoms with Crippen molar-refractivity contribution < 1.29 is 14.3 Å². The Morgan fingerprint density at radius 2 is 2.07 bits per heavy atom. The fraction of sp³-hybridized carbons (Fsp3) is 0.273. The first-order chi connectivity index (χ1) is 7.13. The molecule has 78 valence electrons. The quantitative estimate of drug-likeness (QED) is 0.689. The Kier molecular flexibility index (Phi) is 3.29. The highest BCUT2D eigenvalue weighted by atomic mass is 16.5. The highest BCUT2D eigenvalue weighted by Gasteiger charge is 2.16. The van der Waals surface area contributed by atoms with Crippen LogP contribution in [-0.4, -0.2) is 20.2 Å². The largest absolute Gasteiger partial charge is 0.495 e. The van der Waals surface area contributed by atoms with Gasteiger partial charge in [-0.2, -0.15) is 5.26 Å². The summed E-state index contributed by atoms with van der Waals surface area (Å²) in [5.74, 6) is -0.147. The maximum Gasteiger partial charge on any atom is 0.339 e. The van der Waals surface area contributed by atoms with Gasteiger partial charge in [-0.3, -0.25) is 0 Å². The normalized spacial score (nSPS) is 9.20. The van der Waals surface area contributed by atoms with E-state index in [1.54, 1.807) is 12.1 Å². The van der Waals surface area contributed by atoms with E-state index in [1.165, 1.54) is 14.2 Å². The zero-order chi connectivity index (χ0) is 11.4. The first-order valence-electron chi connectivity index (χ1n) is 4.31. The first-order valence-corrected chi connectivity index (χ1v) is 4.31. The van der Waals surface area contributed by atoms with E-state index in [1.807, 2.05) is 13.0 Å². The first kappa shape index (κ1) is 11.1. The van der Waals surface area contributed by atoms with E-state index in [4.69, 9.17) is 10.00 Å². The molecule has 15 heavy (non-hydrogen) atoms. The minimum Gasteiger partial charge on any atom is -0.495 e. The average Bonchev–Trinajstić information content (AvgIpc) is 2.26.